The highest BCUT2D eigenvalue weighted by Gasteiger charge is 2.25. The number of hydrogen-bond acceptors (Lipinski definition) is 5. The normalized spacial score (nSPS) is 32.1. The maximum atomic E-state index is 9.52. The number of hydrogen-bond donors (Lipinski definition) is 2. The summed E-state index contributed by atoms with van der Waals surface area (Å²) in [6, 6.07) is 0.129. The van der Waals surface area contributed by atoms with Crippen LogP contribution in [-0.2, 0) is 9.47 Å². The van der Waals surface area contributed by atoms with Crippen LogP contribution < -0.4 is 5.32 Å². The molecule has 0 aromatic heterocycles. The van der Waals surface area contributed by atoms with Gasteiger partial charge in [-0.3, -0.25) is 4.90 Å². The van der Waals surface area contributed by atoms with Gasteiger partial charge in [0.05, 0.1) is 38.6 Å². The fraction of sp³-hybridized carbons (Fsp3) is 1.00. The summed E-state index contributed by atoms with van der Waals surface area (Å²) in [5.74, 6) is 0. The zero-order valence-corrected chi connectivity index (χ0v) is 9.73. The van der Waals surface area contributed by atoms with Gasteiger partial charge in [-0.2, -0.15) is 0 Å². The first kappa shape index (κ1) is 12.3. The van der Waals surface area contributed by atoms with Crippen LogP contribution in [0.4, 0.5) is 0 Å². The second kappa shape index (κ2) is 6.51. The van der Waals surface area contributed by atoms with E-state index in [0.29, 0.717) is 13.2 Å². The van der Waals surface area contributed by atoms with Crippen LogP contribution in [0.25, 0.3) is 0 Å². The van der Waals surface area contributed by atoms with Crippen molar-refractivity contribution in [3.63, 3.8) is 0 Å². The zero-order chi connectivity index (χ0) is 11.2. The fourth-order valence-electron chi connectivity index (χ4n) is 2.15. The number of ether oxygens (including phenoxy) is 2. The average Bonchev–Trinajstić information content (AvgIpc) is 2.72. The summed E-state index contributed by atoms with van der Waals surface area (Å²) in [5.41, 5.74) is 0. The number of nitrogens with zero attached hydrogens (tertiary/aromatic N) is 1. The van der Waals surface area contributed by atoms with Crippen LogP contribution >= 0.6 is 0 Å². The molecule has 5 heteroatoms. The van der Waals surface area contributed by atoms with Crippen molar-refractivity contribution in [2.45, 2.75) is 18.6 Å². The SMILES string of the molecule is O[C@@H]1COC[C@H]1NCCCN1CCOCC1. The van der Waals surface area contributed by atoms with Crippen molar-refractivity contribution < 1.29 is 14.6 Å². The van der Waals surface area contributed by atoms with E-state index >= 15 is 0 Å². The van der Waals surface area contributed by atoms with Crippen molar-refractivity contribution in [2.24, 2.45) is 0 Å². The third-order valence-electron chi connectivity index (χ3n) is 3.21. The van der Waals surface area contributed by atoms with E-state index in [-0.39, 0.29) is 12.1 Å². The van der Waals surface area contributed by atoms with E-state index in [0.717, 1.165) is 45.8 Å². The summed E-state index contributed by atoms with van der Waals surface area (Å²) in [6.07, 6.45) is 0.784. The number of aliphatic hydroxyl groups excluding tert-OH is 1. The maximum Gasteiger partial charge on any atom is 0.0948 e. The molecule has 2 aliphatic rings. The largest absolute Gasteiger partial charge is 0.389 e. The molecular weight excluding hydrogens is 208 g/mol. The highest BCUT2D eigenvalue weighted by atomic mass is 16.5. The van der Waals surface area contributed by atoms with Crippen LogP contribution in [0.1, 0.15) is 6.42 Å². The minimum absolute atomic E-state index is 0.129. The third-order valence-corrected chi connectivity index (χ3v) is 3.21. The van der Waals surface area contributed by atoms with E-state index < -0.39 is 0 Å². The van der Waals surface area contributed by atoms with Gasteiger partial charge >= 0.3 is 0 Å². The van der Waals surface area contributed by atoms with Gasteiger partial charge in [-0.1, -0.05) is 0 Å². The van der Waals surface area contributed by atoms with Gasteiger partial charge in [-0.25, -0.2) is 0 Å². The molecule has 2 N–H and O–H groups in total. The van der Waals surface area contributed by atoms with Gasteiger partial charge in [0, 0.05) is 13.1 Å². The molecule has 0 amide bonds. The number of morpholine rings is 1. The Bertz CT molecular complexity index is 198. The molecule has 0 radical (unpaired) electrons. The molecule has 2 heterocycles. The van der Waals surface area contributed by atoms with Crippen LogP contribution in [0.5, 0.6) is 0 Å². The minimum Gasteiger partial charge on any atom is -0.389 e. The van der Waals surface area contributed by atoms with Crippen molar-refractivity contribution in [3.8, 4) is 0 Å². The van der Waals surface area contributed by atoms with Gasteiger partial charge < -0.3 is 19.9 Å². The summed E-state index contributed by atoms with van der Waals surface area (Å²) in [4.78, 5) is 2.42. The Balaban J connectivity index is 1.51. The van der Waals surface area contributed by atoms with Crippen molar-refractivity contribution in [3.05, 3.63) is 0 Å². The number of nitrogens with one attached hydrogen (secondary N) is 1. The molecule has 2 saturated heterocycles. The van der Waals surface area contributed by atoms with Crippen LogP contribution in [-0.4, -0.2) is 74.8 Å². The lowest BCUT2D eigenvalue weighted by Crippen LogP contribution is -2.41. The number of rotatable bonds is 5. The quantitative estimate of drug-likeness (QED) is 0.597. The Labute approximate surface area is 96.7 Å². The van der Waals surface area contributed by atoms with Gasteiger partial charge in [-0.15, -0.1) is 0 Å². The van der Waals surface area contributed by atoms with E-state index in [1.54, 1.807) is 0 Å². The van der Waals surface area contributed by atoms with Crippen LogP contribution in [0, 0.1) is 0 Å². The molecule has 2 fully saturated rings. The molecule has 0 saturated carbocycles. The van der Waals surface area contributed by atoms with E-state index in [1.165, 1.54) is 0 Å². The highest BCUT2D eigenvalue weighted by molar-refractivity contribution is 4.80. The highest BCUT2D eigenvalue weighted by Crippen LogP contribution is 2.05. The lowest BCUT2D eigenvalue weighted by Gasteiger charge is -2.26. The molecular formula is C11H22N2O3. The van der Waals surface area contributed by atoms with Gasteiger partial charge in [0.15, 0.2) is 0 Å². The monoisotopic (exact) mass is 230 g/mol. The molecule has 0 aliphatic carbocycles. The molecule has 0 aromatic rings. The Hall–Kier alpha value is -0.200. The second-order valence-electron chi connectivity index (χ2n) is 4.47. The van der Waals surface area contributed by atoms with Gasteiger partial charge in [0.25, 0.3) is 0 Å². The summed E-state index contributed by atoms with van der Waals surface area (Å²) < 4.78 is 10.5. The molecule has 94 valence electrons. The Morgan fingerprint density at radius 2 is 2.00 bits per heavy atom. The van der Waals surface area contributed by atoms with Crippen LogP contribution in [0.15, 0.2) is 0 Å². The third kappa shape index (κ3) is 3.68. The van der Waals surface area contributed by atoms with Crippen molar-refractivity contribution in [2.75, 3.05) is 52.6 Å². The van der Waals surface area contributed by atoms with Crippen LogP contribution in [0.2, 0.25) is 0 Å². The standard InChI is InChI=1S/C11H22N2O3/c14-11-9-16-8-10(11)12-2-1-3-13-4-6-15-7-5-13/h10-12,14H,1-9H2/t10-,11-/m1/s1. The van der Waals surface area contributed by atoms with E-state index in [1.807, 2.05) is 0 Å². The van der Waals surface area contributed by atoms with E-state index in [2.05, 4.69) is 10.2 Å². The van der Waals surface area contributed by atoms with E-state index in [4.69, 9.17) is 9.47 Å². The fourth-order valence-corrected chi connectivity index (χ4v) is 2.15. The molecule has 16 heavy (non-hydrogen) atoms. The molecule has 0 spiro atoms. The lowest BCUT2D eigenvalue weighted by atomic mass is 10.2. The Morgan fingerprint density at radius 1 is 1.19 bits per heavy atom. The van der Waals surface area contributed by atoms with Crippen molar-refractivity contribution >= 4 is 0 Å². The average molecular weight is 230 g/mol. The summed E-state index contributed by atoms with van der Waals surface area (Å²) in [6.45, 7) is 7.00. The van der Waals surface area contributed by atoms with Gasteiger partial charge in [-0.05, 0) is 19.5 Å². The Morgan fingerprint density at radius 3 is 2.69 bits per heavy atom. The van der Waals surface area contributed by atoms with Gasteiger partial charge in [0.1, 0.15) is 0 Å². The minimum atomic E-state index is -0.330. The first-order chi connectivity index (χ1) is 7.86. The Kier molecular flexibility index (Phi) is 4.99. The molecule has 2 atom stereocenters. The summed E-state index contributed by atoms with van der Waals surface area (Å²) >= 11 is 0. The van der Waals surface area contributed by atoms with Gasteiger partial charge in [0.2, 0.25) is 0 Å². The molecule has 2 aliphatic heterocycles. The second-order valence-corrected chi connectivity index (χ2v) is 4.47. The summed E-state index contributed by atoms with van der Waals surface area (Å²) in [7, 11) is 0. The topological polar surface area (TPSA) is 54.0 Å². The predicted molar refractivity (Wildman–Crippen MR) is 60.5 cm³/mol. The predicted octanol–water partition coefficient (Wildman–Crippen LogP) is -0.942. The zero-order valence-electron chi connectivity index (χ0n) is 9.73. The molecule has 2 rings (SSSR count). The van der Waals surface area contributed by atoms with Crippen molar-refractivity contribution in [1.82, 2.24) is 10.2 Å². The lowest BCUT2D eigenvalue weighted by molar-refractivity contribution is 0.0372. The molecule has 5 nitrogen and oxygen atoms in total. The molecule has 0 bridgehead atoms. The summed E-state index contributed by atoms with van der Waals surface area (Å²) in [5, 5.41) is 12.9. The first-order valence-corrected chi connectivity index (χ1v) is 6.15. The first-order valence-electron chi connectivity index (χ1n) is 6.15. The molecule has 0 aromatic carbocycles. The number of aliphatic hydroxyl groups is 1. The smallest absolute Gasteiger partial charge is 0.0948 e. The van der Waals surface area contributed by atoms with Crippen molar-refractivity contribution in [1.29, 1.82) is 0 Å². The van der Waals surface area contributed by atoms with E-state index in [9.17, 15) is 5.11 Å². The van der Waals surface area contributed by atoms with Crippen LogP contribution in [0.3, 0.4) is 0 Å². The maximum absolute atomic E-state index is 9.52. The molecule has 0 unspecified atom stereocenters.